The van der Waals surface area contributed by atoms with E-state index in [-0.39, 0.29) is 10.8 Å². The van der Waals surface area contributed by atoms with E-state index in [0.717, 1.165) is 5.57 Å². The van der Waals surface area contributed by atoms with Gasteiger partial charge in [0.2, 0.25) is 0 Å². The third-order valence-corrected chi connectivity index (χ3v) is 4.60. The third kappa shape index (κ3) is 2.77. The van der Waals surface area contributed by atoms with Gasteiger partial charge < -0.3 is 9.84 Å². The Labute approximate surface area is 122 Å². The molecule has 2 atom stereocenters. The fourth-order valence-corrected chi connectivity index (χ4v) is 2.62. The van der Waals surface area contributed by atoms with E-state index in [2.05, 4.69) is 47.6 Å². The predicted octanol–water partition coefficient (Wildman–Crippen LogP) is 4.26. The number of rotatable bonds is 2. The van der Waals surface area contributed by atoms with Crippen molar-refractivity contribution in [3.05, 3.63) is 23.5 Å². The first-order valence-corrected chi connectivity index (χ1v) is 7.06. The SMILES string of the molecule is COC1=CC(C(C)(C)C)=CC(C)(C(C)(C)C)C1C(=O)O. The summed E-state index contributed by atoms with van der Waals surface area (Å²) in [6.07, 6.45) is 4.03. The summed E-state index contributed by atoms with van der Waals surface area (Å²) in [6.45, 7) is 14.7. The van der Waals surface area contributed by atoms with Crippen LogP contribution < -0.4 is 0 Å². The molecule has 0 aromatic rings. The molecule has 0 fully saturated rings. The van der Waals surface area contributed by atoms with E-state index in [1.807, 2.05) is 13.0 Å². The van der Waals surface area contributed by atoms with Crippen LogP contribution in [-0.2, 0) is 9.53 Å². The van der Waals surface area contributed by atoms with Gasteiger partial charge in [0.25, 0.3) is 0 Å². The first-order chi connectivity index (χ1) is 8.84. The maximum absolute atomic E-state index is 11.8. The molecular weight excluding hydrogens is 252 g/mol. The van der Waals surface area contributed by atoms with Gasteiger partial charge in [0.05, 0.1) is 7.11 Å². The lowest BCUT2D eigenvalue weighted by Gasteiger charge is -2.47. The molecule has 0 bridgehead atoms. The second kappa shape index (κ2) is 4.94. The molecule has 114 valence electrons. The summed E-state index contributed by atoms with van der Waals surface area (Å²) >= 11 is 0. The minimum absolute atomic E-state index is 0.0419. The highest BCUT2D eigenvalue weighted by Gasteiger charge is 2.51. The molecule has 0 saturated carbocycles. The first-order valence-electron chi connectivity index (χ1n) is 7.06. The average molecular weight is 280 g/mol. The summed E-state index contributed by atoms with van der Waals surface area (Å²) < 4.78 is 5.42. The first kappa shape index (κ1) is 16.8. The molecule has 20 heavy (non-hydrogen) atoms. The number of carbonyl (C=O) groups is 1. The summed E-state index contributed by atoms with van der Waals surface area (Å²) in [6, 6.07) is 0. The molecule has 0 spiro atoms. The number of hydrogen-bond donors (Lipinski definition) is 1. The highest BCUT2D eigenvalue weighted by Crippen LogP contribution is 2.53. The number of methoxy groups -OCH3 is 1. The molecule has 0 radical (unpaired) electrons. The Morgan fingerprint density at radius 1 is 1.25 bits per heavy atom. The number of ether oxygens (including phenoxy) is 1. The van der Waals surface area contributed by atoms with Crippen LogP contribution in [0.25, 0.3) is 0 Å². The number of hydrogen-bond acceptors (Lipinski definition) is 2. The van der Waals surface area contributed by atoms with Gasteiger partial charge in [-0.2, -0.15) is 0 Å². The summed E-state index contributed by atoms with van der Waals surface area (Å²) in [5.74, 6) is -0.944. The minimum atomic E-state index is -0.834. The van der Waals surface area contributed by atoms with Crippen LogP contribution in [0.5, 0.6) is 0 Å². The van der Waals surface area contributed by atoms with Crippen LogP contribution in [0, 0.1) is 22.2 Å². The van der Waals surface area contributed by atoms with Crippen molar-refractivity contribution in [3.8, 4) is 0 Å². The lowest BCUT2D eigenvalue weighted by molar-refractivity contribution is -0.147. The number of carboxylic acids is 1. The van der Waals surface area contributed by atoms with Gasteiger partial charge in [0.1, 0.15) is 11.7 Å². The molecule has 1 aliphatic carbocycles. The van der Waals surface area contributed by atoms with Crippen LogP contribution in [0.1, 0.15) is 48.5 Å². The van der Waals surface area contributed by atoms with Gasteiger partial charge in [-0.1, -0.05) is 54.5 Å². The average Bonchev–Trinajstić information content (AvgIpc) is 2.24. The van der Waals surface area contributed by atoms with Gasteiger partial charge in [0, 0.05) is 5.41 Å². The molecule has 0 heterocycles. The van der Waals surface area contributed by atoms with Gasteiger partial charge in [-0.05, 0) is 22.5 Å². The standard InChI is InChI=1S/C17H28O3/c1-15(2,3)11-9-12(20-8)13(14(18)19)17(7,10-11)16(4,5)6/h9-10,13H,1-8H3,(H,18,19). The van der Waals surface area contributed by atoms with E-state index in [1.54, 1.807) is 7.11 Å². The molecule has 3 nitrogen and oxygen atoms in total. The lowest BCUT2D eigenvalue weighted by Crippen LogP contribution is -2.45. The van der Waals surface area contributed by atoms with Crippen molar-refractivity contribution in [2.24, 2.45) is 22.2 Å². The topological polar surface area (TPSA) is 46.5 Å². The molecule has 0 aliphatic heterocycles. The van der Waals surface area contributed by atoms with Crippen molar-refractivity contribution in [2.45, 2.75) is 48.5 Å². The minimum Gasteiger partial charge on any atom is -0.500 e. The van der Waals surface area contributed by atoms with Gasteiger partial charge in [-0.15, -0.1) is 0 Å². The fraction of sp³-hybridized carbons (Fsp3) is 0.706. The van der Waals surface area contributed by atoms with Gasteiger partial charge >= 0.3 is 5.97 Å². The van der Waals surface area contributed by atoms with Crippen molar-refractivity contribution in [3.63, 3.8) is 0 Å². The number of aliphatic carboxylic acids is 1. The Kier molecular flexibility index (Phi) is 4.15. The maximum Gasteiger partial charge on any atom is 0.315 e. The zero-order chi connectivity index (χ0) is 15.9. The van der Waals surface area contributed by atoms with E-state index in [1.165, 1.54) is 0 Å². The van der Waals surface area contributed by atoms with Gasteiger partial charge in [0.15, 0.2) is 0 Å². The Balaban J connectivity index is 3.56. The highest BCUT2D eigenvalue weighted by molar-refractivity contribution is 5.76. The summed E-state index contributed by atoms with van der Waals surface area (Å²) in [5, 5.41) is 9.68. The number of allylic oxidation sites excluding steroid dienone is 3. The summed E-state index contributed by atoms with van der Waals surface area (Å²) in [5.41, 5.74) is 0.399. The summed E-state index contributed by atoms with van der Waals surface area (Å²) in [4.78, 5) is 11.8. The largest absolute Gasteiger partial charge is 0.500 e. The van der Waals surface area contributed by atoms with Crippen LogP contribution in [0.3, 0.4) is 0 Å². The van der Waals surface area contributed by atoms with Crippen molar-refractivity contribution in [1.29, 1.82) is 0 Å². The van der Waals surface area contributed by atoms with Crippen LogP contribution in [0.15, 0.2) is 23.5 Å². The van der Waals surface area contributed by atoms with Crippen LogP contribution in [-0.4, -0.2) is 18.2 Å². The summed E-state index contributed by atoms with van der Waals surface area (Å²) in [7, 11) is 1.55. The second-order valence-electron chi connectivity index (χ2n) is 7.90. The van der Waals surface area contributed by atoms with E-state index in [9.17, 15) is 9.90 Å². The highest BCUT2D eigenvalue weighted by atomic mass is 16.5. The van der Waals surface area contributed by atoms with E-state index in [4.69, 9.17) is 4.74 Å². The molecule has 0 saturated heterocycles. The Hall–Kier alpha value is -1.25. The van der Waals surface area contributed by atoms with Gasteiger partial charge in [-0.3, -0.25) is 4.79 Å². The van der Waals surface area contributed by atoms with Crippen molar-refractivity contribution in [2.75, 3.05) is 7.11 Å². The van der Waals surface area contributed by atoms with Crippen molar-refractivity contribution in [1.82, 2.24) is 0 Å². The molecule has 0 aromatic heterocycles. The monoisotopic (exact) mass is 280 g/mol. The van der Waals surface area contributed by atoms with E-state index in [0.29, 0.717) is 5.76 Å². The zero-order valence-electron chi connectivity index (χ0n) is 14.0. The molecule has 0 amide bonds. The van der Waals surface area contributed by atoms with Crippen molar-refractivity contribution >= 4 is 5.97 Å². The van der Waals surface area contributed by atoms with Crippen LogP contribution in [0.2, 0.25) is 0 Å². The fourth-order valence-electron chi connectivity index (χ4n) is 2.62. The lowest BCUT2D eigenvalue weighted by atomic mass is 9.57. The van der Waals surface area contributed by atoms with Gasteiger partial charge in [-0.25, -0.2) is 0 Å². The maximum atomic E-state index is 11.8. The molecule has 3 heteroatoms. The van der Waals surface area contributed by atoms with E-state index >= 15 is 0 Å². The molecule has 1 aliphatic rings. The molecule has 1 rings (SSSR count). The Bertz CT molecular complexity index is 458. The number of carboxylic acid groups (broad SMARTS) is 1. The quantitative estimate of drug-likeness (QED) is 0.822. The Morgan fingerprint density at radius 3 is 2.05 bits per heavy atom. The zero-order valence-corrected chi connectivity index (χ0v) is 14.0. The second-order valence-corrected chi connectivity index (χ2v) is 7.90. The smallest absolute Gasteiger partial charge is 0.315 e. The molecule has 0 aromatic carbocycles. The molecular formula is C17H28O3. The van der Waals surface area contributed by atoms with Crippen LogP contribution in [0.4, 0.5) is 0 Å². The normalized spacial score (nSPS) is 27.7. The van der Waals surface area contributed by atoms with E-state index < -0.39 is 17.3 Å². The molecule has 2 unspecified atom stereocenters. The van der Waals surface area contributed by atoms with Crippen LogP contribution >= 0.6 is 0 Å². The predicted molar refractivity (Wildman–Crippen MR) is 81.3 cm³/mol. The van der Waals surface area contributed by atoms with Crippen molar-refractivity contribution < 1.29 is 14.6 Å². The molecule has 1 N–H and O–H groups in total. The Morgan fingerprint density at radius 2 is 1.75 bits per heavy atom. The third-order valence-electron chi connectivity index (χ3n) is 4.60.